The van der Waals surface area contributed by atoms with Crippen LogP contribution >= 0.6 is 0 Å². The average molecular weight is 280 g/mol. The minimum absolute atomic E-state index is 0.0644. The van der Waals surface area contributed by atoms with Gasteiger partial charge in [-0.15, -0.1) is 0 Å². The monoisotopic (exact) mass is 280 g/mol. The van der Waals surface area contributed by atoms with Gasteiger partial charge in [-0.05, 0) is 36.6 Å². The van der Waals surface area contributed by atoms with Gasteiger partial charge >= 0.3 is 0 Å². The molecule has 0 bridgehead atoms. The number of nitrogens with zero attached hydrogens (tertiary/aromatic N) is 1. The van der Waals surface area contributed by atoms with E-state index in [0.717, 1.165) is 37.6 Å². The molecular formula is C15H24N2O3. The third kappa shape index (κ3) is 3.42. The Bertz CT molecular complexity index is 439. The number of aliphatic hydroxyl groups is 1. The first-order valence-corrected chi connectivity index (χ1v) is 6.97. The van der Waals surface area contributed by atoms with E-state index in [2.05, 4.69) is 11.0 Å². The third-order valence-electron chi connectivity index (χ3n) is 3.98. The van der Waals surface area contributed by atoms with Gasteiger partial charge in [-0.1, -0.05) is 6.07 Å². The Balaban J connectivity index is 1.97. The van der Waals surface area contributed by atoms with Crippen molar-refractivity contribution in [2.45, 2.75) is 19.0 Å². The number of nitrogens with two attached hydrogens (primary N) is 1. The topological polar surface area (TPSA) is 68.0 Å². The average Bonchev–Trinajstić information content (AvgIpc) is 2.94. The second-order valence-corrected chi connectivity index (χ2v) is 5.32. The van der Waals surface area contributed by atoms with Crippen molar-refractivity contribution in [3.05, 3.63) is 23.8 Å². The summed E-state index contributed by atoms with van der Waals surface area (Å²) in [7, 11) is 3.28. The van der Waals surface area contributed by atoms with Crippen molar-refractivity contribution >= 4 is 0 Å². The Kier molecular flexibility index (Phi) is 5.23. The summed E-state index contributed by atoms with van der Waals surface area (Å²) in [5.74, 6) is 1.89. The van der Waals surface area contributed by atoms with Crippen LogP contribution in [0.4, 0.5) is 0 Å². The Hall–Kier alpha value is -1.30. The van der Waals surface area contributed by atoms with Gasteiger partial charge in [0.15, 0.2) is 11.5 Å². The molecular weight excluding hydrogens is 256 g/mol. The minimum atomic E-state index is -0.106. The van der Waals surface area contributed by atoms with Crippen LogP contribution in [0, 0.1) is 5.92 Å². The molecule has 5 nitrogen and oxygen atoms in total. The van der Waals surface area contributed by atoms with Crippen LogP contribution in [-0.2, 0) is 6.54 Å². The van der Waals surface area contributed by atoms with E-state index in [4.69, 9.17) is 20.3 Å². The van der Waals surface area contributed by atoms with E-state index >= 15 is 0 Å². The highest BCUT2D eigenvalue weighted by atomic mass is 16.5. The molecule has 2 atom stereocenters. The summed E-state index contributed by atoms with van der Waals surface area (Å²) in [6.45, 7) is 2.90. The van der Waals surface area contributed by atoms with E-state index in [-0.39, 0.29) is 12.6 Å². The molecule has 1 aliphatic rings. The zero-order valence-corrected chi connectivity index (χ0v) is 12.2. The predicted octanol–water partition coefficient (Wildman–Crippen LogP) is 0.845. The van der Waals surface area contributed by atoms with Gasteiger partial charge in [-0.3, -0.25) is 4.90 Å². The SMILES string of the molecule is COc1ccc(CN2CCC(C(N)CO)C2)cc1OC. The number of benzene rings is 1. The molecule has 20 heavy (non-hydrogen) atoms. The zero-order valence-electron chi connectivity index (χ0n) is 12.2. The van der Waals surface area contributed by atoms with Crippen LogP contribution in [-0.4, -0.2) is 50.0 Å². The number of likely N-dealkylation sites (tertiary alicyclic amines) is 1. The lowest BCUT2D eigenvalue weighted by Gasteiger charge is -2.19. The molecule has 1 saturated heterocycles. The van der Waals surface area contributed by atoms with Crippen molar-refractivity contribution in [1.82, 2.24) is 4.90 Å². The smallest absolute Gasteiger partial charge is 0.161 e. The summed E-state index contributed by atoms with van der Waals surface area (Å²) >= 11 is 0. The maximum absolute atomic E-state index is 9.12. The Morgan fingerprint density at radius 3 is 2.75 bits per heavy atom. The van der Waals surface area contributed by atoms with E-state index in [0.29, 0.717) is 5.92 Å². The first-order chi connectivity index (χ1) is 9.67. The molecule has 1 fully saturated rings. The molecule has 3 N–H and O–H groups in total. The molecule has 0 amide bonds. The lowest BCUT2D eigenvalue weighted by atomic mass is 10.0. The van der Waals surface area contributed by atoms with Gasteiger partial charge in [0.05, 0.1) is 20.8 Å². The van der Waals surface area contributed by atoms with Gasteiger partial charge in [0.1, 0.15) is 0 Å². The van der Waals surface area contributed by atoms with Crippen molar-refractivity contribution in [3.63, 3.8) is 0 Å². The lowest BCUT2D eigenvalue weighted by molar-refractivity contribution is 0.221. The Morgan fingerprint density at radius 1 is 1.35 bits per heavy atom. The predicted molar refractivity (Wildman–Crippen MR) is 78.0 cm³/mol. The summed E-state index contributed by atoms with van der Waals surface area (Å²) in [5.41, 5.74) is 7.10. The maximum atomic E-state index is 9.12. The highest BCUT2D eigenvalue weighted by Gasteiger charge is 2.27. The van der Waals surface area contributed by atoms with Gasteiger partial charge in [0.25, 0.3) is 0 Å². The fraction of sp³-hybridized carbons (Fsp3) is 0.600. The molecule has 1 aromatic rings. The molecule has 1 heterocycles. The number of rotatable bonds is 6. The van der Waals surface area contributed by atoms with Gasteiger partial charge in [0, 0.05) is 19.1 Å². The molecule has 0 radical (unpaired) electrons. The van der Waals surface area contributed by atoms with Gasteiger partial charge in [0.2, 0.25) is 0 Å². The zero-order chi connectivity index (χ0) is 14.5. The van der Waals surface area contributed by atoms with E-state index < -0.39 is 0 Å². The summed E-state index contributed by atoms with van der Waals surface area (Å²) in [6, 6.07) is 5.89. The van der Waals surface area contributed by atoms with Crippen LogP contribution < -0.4 is 15.2 Å². The summed E-state index contributed by atoms with van der Waals surface area (Å²) in [6.07, 6.45) is 1.05. The van der Waals surface area contributed by atoms with Crippen LogP contribution in [0.3, 0.4) is 0 Å². The van der Waals surface area contributed by atoms with Crippen molar-refractivity contribution in [2.75, 3.05) is 33.9 Å². The van der Waals surface area contributed by atoms with Crippen LogP contribution in [0.2, 0.25) is 0 Å². The Labute approximate surface area is 120 Å². The minimum Gasteiger partial charge on any atom is -0.493 e. The van der Waals surface area contributed by atoms with E-state index in [9.17, 15) is 0 Å². The molecule has 0 saturated carbocycles. The van der Waals surface area contributed by atoms with Gasteiger partial charge < -0.3 is 20.3 Å². The normalized spacial score (nSPS) is 20.9. The fourth-order valence-corrected chi connectivity index (χ4v) is 2.74. The van der Waals surface area contributed by atoms with Crippen LogP contribution in [0.1, 0.15) is 12.0 Å². The molecule has 2 rings (SSSR count). The van der Waals surface area contributed by atoms with Crippen molar-refractivity contribution in [1.29, 1.82) is 0 Å². The first-order valence-electron chi connectivity index (χ1n) is 6.97. The molecule has 0 spiro atoms. The van der Waals surface area contributed by atoms with Crippen LogP contribution in [0.15, 0.2) is 18.2 Å². The maximum Gasteiger partial charge on any atom is 0.161 e. The fourth-order valence-electron chi connectivity index (χ4n) is 2.74. The Morgan fingerprint density at radius 2 is 2.10 bits per heavy atom. The molecule has 112 valence electrons. The second-order valence-electron chi connectivity index (χ2n) is 5.32. The number of aliphatic hydroxyl groups excluding tert-OH is 1. The molecule has 2 unspecified atom stereocenters. The van der Waals surface area contributed by atoms with Crippen LogP contribution in [0.5, 0.6) is 11.5 Å². The molecule has 0 aromatic heterocycles. The molecule has 1 aliphatic heterocycles. The molecule has 0 aliphatic carbocycles. The quantitative estimate of drug-likeness (QED) is 0.808. The summed E-state index contributed by atoms with van der Waals surface area (Å²) < 4.78 is 10.6. The van der Waals surface area contributed by atoms with E-state index in [1.807, 2.05) is 12.1 Å². The van der Waals surface area contributed by atoms with Crippen molar-refractivity contribution < 1.29 is 14.6 Å². The second kappa shape index (κ2) is 6.92. The number of hydrogen-bond donors (Lipinski definition) is 2. The molecule has 5 heteroatoms. The summed E-state index contributed by atoms with van der Waals surface area (Å²) in [5, 5.41) is 9.12. The van der Waals surface area contributed by atoms with Crippen LogP contribution in [0.25, 0.3) is 0 Å². The lowest BCUT2D eigenvalue weighted by Crippen LogP contribution is -2.35. The highest BCUT2D eigenvalue weighted by Crippen LogP contribution is 2.29. The summed E-state index contributed by atoms with van der Waals surface area (Å²) in [4.78, 5) is 2.36. The number of methoxy groups -OCH3 is 2. The van der Waals surface area contributed by atoms with Gasteiger partial charge in [-0.2, -0.15) is 0 Å². The van der Waals surface area contributed by atoms with Crippen molar-refractivity contribution in [2.24, 2.45) is 11.7 Å². The number of hydrogen-bond acceptors (Lipinski definition) is 5. The highest BCUT2D eigenvalue weighted by molar-refractivity contribution is 5.42. The molecule has 1 aromatic carbocycles. The van der Waals surface area contributed by atoms with Gasteiger partial charge in [-0.25, -0.2) is 0 Å². The van der Waals surface area contributed by atoms with E-state index in [1.54, 1.807) is 14.2 Å². The van der Waals surface area contributed by atoms with Crippen molar-refractivity contribution in [3.8, 4) is 11.5 Å². The van der Waals surface area contributed by atoms with E-state index in [1.165, 1.54) is 5.56 Å². The largest absolute Gasteiger partial charge is 0.493 e. The standard InChI is InChI=1S/C15H24N2O3/c1-19-14-4-3-11(7-15(14)20-2)8-17-6-5-12(9-17)13(16)10-18/h3-4,7,12-13,18H,5-6,8-10,16H2,1-2H3. The third-order valence-corrected chi connectivity index (χ3v) is 3.98. The number of ether oxygens (including phenoxy) is 2. The first kappa shape index (κ1) is 15.1.